The average molecular weight is 396 g/mol. The first-order chi connectivity index (χ1) is 12.9. The zero-order valence-corrected chi connectivity index (χ0v) is 15.3. The molecule has 144 valence electrons. The second-order valence-electron chi connectivity index (χ2n) is 6.19. The molecule has 0 spiro atoms. The van der Waals surface area contributed by atoms with Crippen LogP contribution in [0.5, 0.6) is 5.88 Å². The van der Waals surface area contributed by atoms with Crippen LogP contribution in [0.4, 0.5) is 13.2 Å². The van der Waals surface area contributed by atoms with Gasteiger partial charge in [-0.15, -0.1) is 0 Å². The number of ether oxygens (including phenoxy) is 1. The Balaban J connectivity index is 1.50. The fourth-order valence-electron chi connectivity index (χ4n) is 2.67. The van der Waals surface area contributed by atoms with Gasteiger partial charge in [0.05, 0.1) is 5.56 Å². The Kier molecular flexibility index (Phi) is 6.26. The van der Waals surface area contributed by atoms with E-state index < -0.39 is 11.7 Å². The van der Waals surface area contributed by atoms with E-state index in [1.165, 1.54) is 18.3 Å². The summed E-state index contributed by atoms with van der Waals surface area (Å²) in [6, 6.07) is 8.15. The molecule has 0 aliphatic carbocycles. The number of rotatable bonds is 6. The second-order valence-corrected chi connectivity index (χ2v) is 7.34. The van der Waals surface area contributed by atoms with Gasteiger partial charge in [0.25, 0.3) is 5.91 Å². The van der Waals surface area contributed by atoms with Crippen molar-refractivity contribution in [2.45, 2.75) is 25.1 Å². The molecule has 1 N–H and O–H groups in total. The summed E-state index contributed by atoms with van der Waals surface area (Å²) in [4.78, 5) is 16.4. The molecule has 1 amide bonds. The van der Waals surface area contributed by atoms with Gasteiger partial charge in [0.15, 0.2) is 0 Å². The molecule has 1 atom stereocenters. The topological polar surface area (TPSA) is 51.2 Å². The van der Waals surface area contributed by atoms with Crippen molar-refractivity contribution in [2.75, 3.05) is 18.1 Å². The number of hydrogen-bond acceptors (Lipinski definition) is 4. The molecule has 1 aliphatic rings. The van der Waals surface area contributed by atoms with E-state index in [1.807, 2.05) is 11.8 Å². The molecule has 1 aromatic carbocycles. The maximum absolute atomic E-state index is 12.6. The number of alkyl halides is 3. The lowest BCUT2D eigenvalue weighted by atomic mass is 10.1. The molecular weight excluding hydrogens is 377 g/mol. The van der Waals surface area contributed by atoms with E-state index in [0.717, 1.165) is 35.6 Å². The van der Waals surface area contributed by atoms with Gasteiger partial charge in [-0.25, -0.2) is 4.98 Å². The molecule has 3 rings (SSSR count). The van der Waals surface area contributed by atoms with Gasteiger partial charge in [-0.05, 0) is 42.4 Å². The van der Waals surface area contributed by atoms with Crippen molar-refractivity contribution in [1.29, 1.82) is 0 Å². The number of thioether (sulfide) groups is 1. The van der Waals surface area contributed by atoms with E-state index in [-0.39, 0.29) is 12.0 Å². The molecule has 4 nitrogen and oxygen atoms in total. The van der Waals surface area contributed by atoms with E-state index in [9.17, 15) is 18.0 Å². The van der Waals surface area contributed by atoms with Crippen LogP contribution in [0.15, 0.2) is 42.6 Å². The Bertz CT molecular complexity index is 775. The van der Waals surface area contributed by atoms with Gasteiger partial charge in [0, 0.05) is 30.1 Å². The molecule has 1 unspecified atom stereocenters. The summed E-state index contributed by atoms with van der Waals surface area (Å²) < 4.78 is 43.4. The third-order valence-corrected chi connectivity index (χ3v) is 5.28. The van der Waals surface area contributed by atoms with Crippen LogP contribution in [0.1, 0.15) is 27.9 Å². The van der Waals surface area contributed by atoms with Gasteiger partial charge < -0.3 is 10.1 Å². The van der Waals surface area contributed by atoms with Crippen LogP contribution in [-0.4, -0.2) is 35.0 Å². The summed E-state index contributed by atoms with van der Waals surface area (Å²) in [7, 11) is 0. The van der Waals surface area contributed by atoms with Crippen LogP contribution >= 0.6 is 11.8 Å². The Labute approximate surface area is 159 Å². The van der Waals surface area contributed by atoms with E-state index >= 15 is 0 Å². The highest BCUT2D eigenvalue weighted by Crippen LogP contribution is 2.29. The zero-order valence-electron chi connectivity index (χ0n) is 14.5. The minimum absolute atomic E-state index is 0.125. The number of halogens is 3. The number of aromatic nitrogens is 1. The van der Waals surface area contributed by atoms with Crippen LogP contribution < -0.4 is 10.1 Å². The lowest BCUT2D eigenvalue weighted by Crippen LogP contribution is -2.26. The van der Waals surface area contributed by atoms with Crippen molar-refractivity contribution in [1.82, 2.24) is 10.3 Å². The summed E-state index contributed by atoms with van der Waals surface area (Å²) in [5.74, 6) is 2.15. The maximum atomic E-state index is 12.6. The predicted molar refractivity (Wildman–Crippen MR) is 98.1 cm³/mol. The molecule has 2 aromatic rings. The molecule has 2 heterocycles. The Morgan fingerprint density at radius 1 is 1.26 bits per heavy atom. The summed E-state index contributed by atoms with van der Waals surface area (Å²) in [5.41, 5.74) is 0.485. The van der Waals surface area contributed by atoms with Crippen molar-refractivity contribution in [3.63, 3.8) is 0 Å². The van der Waals surface area contributed by atoms with E-state index in [0.29, 0.717) is 24.4 Å². The molecule has 1 aromatic heterocycles. The van der Waals surface area contributed by atoms with Crippen LogP contribution in [0.25, 0.3) is 0 Å². The normalized spacial score (nSPS) is 16.9. The molecule has 1 saturated heterocycles. The van der Waals surface area contributed by atoms with Crippen molar-refractivity contribution in [3.8, 4) is 5.88 Å². The number of amides is 1. The van der Waals surface area contributed by atoms with Gasteiger partial charge >= 0.3 is 6.18 Å². The standard InChI is InChI=1S/C19H19F3N2O2S/c20-19(21,22)15-3-1-13(2-4-15)5-8-24-18(25)14-6-9-23-17(11-14)26-16-7-10-27-12-16/h1-4,6,9,11,16H,5,7-8,10,12H2,(H,24,25). The van der Waals surface area contributed by atoms with Crippen LogP contribution in [-0.2, 0) is 12.6 Å². The number of carbonyl (C=O) groups excluding carboxylic acids is 1. The molecule has 1 fully saturated rings. The molecular formula is C19H19F3N2O2S. The molecule has 27 heavy (non-hydrogen) atoms. The van der Waals surface area contributed by atoms with Gasteiger partial charge in [-0.1, -0.05) is 12.1 Å². The quantitative estimate of drug-likeness (QED) is 0.803. The van der Waals surface area contributed by atoms with E-state index in [1.54, 1.807) is 12.1 Å². The van der Waals surface area contributed by atoms with Crippen molar-refractivity contribution >= 4 is 17.7 Å². The van der Waals surface area contributed by atoms with Gasteiger partial charge in [0.2, 0.25) is 5.88 Å². The van der Waals surface area contributed by atoms with Crippen molar-refractivity contribution in [3.05, 3.63) is 59.3 Å². The van der Waals surface area contributed by atoms with Gasteiger partial charge in [-0.2, -0.15) is 24.9 Å². The number of pyridine rings is 1. The summed E-state index contributed by atoms with van der Waals surface area (Å²) in [5, 5.41) is 2.76. The Morgan fingerprint density at radius 2 is 2.04 bits per heavy atom. The number of nitrogens with one attached hydrogen (secondary N) is 1. The number of nitrogens with zero attached hydrogens (tertiary/aromatic N) is 1. The third kappa shape index (κ3) is 5.63. The van der Waals surface area contributed by atoms with Gasteiger partial charge in [-0.3, -0.25) is 4.79 Å². The number of benzene rings is 1. The zero-order chi connectivity index (χ0) is 19.3. The first-order valence-electron chi connectivity index (χ1n) is 8.56. The summed E-state index contributed by atoms with van der Waals surface area (Å²) in [6.07, 6.45) is -1.28. The SMILES string of the molecule is O=C(NCCc1ccc(C(F)(F)F)cc1)c1ccnc(OC2CCSC2)c1. The minimum Gasteiger partial charge on any atom is -0.473 e. The maximum Gasteiger partial charge on any atom is 0.416 e. The van der Waals surface area contributed by atoms with Crippen molar-refractivity contribution in [2.24, 2.45) is 0 Å². The second kappa shape index (κ2) is 8.65. The lowest BCUT2D eigenvalue weighted by molar-refractivity contribution is -0.137. The monoisotopic (exact) mass is 396 g/mol. The highest BCUT2D eigenvalue weighted by Gasteiger charge is 2.29. The van der Waals surface area contributed by atoms with E-state index in [2.05, 4.69) is 10.3 Å². The third-order valence-electron chi connectivity index (χ3n) is 4.15. The average Bonchev–Trinajstić information content (AvgIpc) is 3.14. The predicted octanol–water partition coefficient (Wildman–Crippen LogP) is 3.96. The smallest absolute Gasteiger partial charge is 0.416 e. The molecule has 1 aliphatic heterocycles. The number of hydrogen-bond donors (Lipinski definition) is 1. The highest BCUT2D eigenvalue weighted by atomic mass is 32.2. The molecule has 0 bridgehead atoms. The summed E-state index contributed by atoms with van der Waals surface area (Å²) >= 11 is 1.83. The fourth-order valence-corrected chi connectivity index (χ4v) is 3.77. The fraction of sp³-hybridized carbons (Fsp3) is 0.368. The van der Waals surface area contributed by atoms with E-state index in [4.69, 9.17) is 4.74 Å². The van der Waals surface area contributed by atoms with Crippen LogP contribution in [0.2, 0.25) is 0 Å². The van der Waals surface area contributed by atoms with Crippen molar-refractivity contribution < 1.29 is 22.7 Å². The molecule has 0 radical (unpaired) electrons. The summed E-state index contributed by atoms with van der Waals surface area (Å²) in [6.45, 7) is 0.321. The molecule has 8 heteroatoms. The lowest BCUT2D eigenvalue weighted by Gasteiger charge is -2.12. The van der Waals surface area contributed by atoms with Crippen LogP contribution in [0, 0.1) is 0 Å². The molecule has 0 saturated carbocycles. The first-order valence-corrected chi connectivity index (χ1v) is 9.72. The largest absolute Gasteiger partial charge is 0.473 e. The first kappa shape index (κ1) is 19.5. The Morgan fingerprint density at radius 3 is 2.70 bits per heavy atom. The minimum atomic E-state index is -4.34. The highest BCUT2D eigenvalue weighted by molar-refractivity contribution is 7.99. The number of carbonyl (C=O) groups is 1. The van der Waals surface area contributed by atoms with Crippen LogP contribution in [0.3, 0.4) is 0 Å². The Hall–Kier alpha value is -2.22. The van der Waals surface area contributed by atoms with Gasteiger partial charge in [0.1, 0.15) is 6.10 Å².